The lowest BCUT2D eigenvalue weighted by Crippen LogP contribution is -2.35. The molecule has 6 nitrogen and oxygen atoms in total. The van der Waals surface area contributed by atoms with Gasteiger partial charge >= 0.3 is 18.3 Å². The van der Waals surface area contributed by atoms with E-state index in [2.05, 4.69) is 16.3 Å². The van der Waals surface area contributed by atoms with Crippen LogP contribution in [0.5, 0.6) is 0 Å². The number of esters is 1. The van der Waals surface area contributed by atoms with Crippen molar-refractivity contribution in [2.45, 2.75) is 71.3 Å². The first-order chi connectivity index (χ1) is 22.8. The number of benzene rings is 2. The molecule has 1 saturated heterocycles. The van der Waals surface area contributed by atoms with Crippen molar-refractivity contribution in [1.82, 2.24) is 4.90 Å². The third kappa shape index (κ3) is 8.99. The average Bonchev–Trinajstić information content (AvgIpc) is 3.36. The quantitative estimate of drug-likeness (QED) is 0.158. The number of nitrogens with one attached hydrogen (secondary N) is 1. The summed E-state index contributed by atoms with van der Waals surface area (Å²) >= 11 is 1.28. The molecule has 3 aromatic rings. The fourth-order valence-corrected chi connectivity index (χ4v) is 7.18. The van der Waals surface area contributed by atoms with E-state index < -0.39 is 52.6 Å². The van der Waals surface area contributed by atoms with Gasteiger partial charge in [-0.05, 0) is 107 Å². The number of halogens is 7. The lowest BCUT2D eigenvalue weighted by Gasteiger charge is -2.31. The first-order valence-corrected chi connectivity index (χ1v) is 16.4. The number of alkyl halides is 6. The molecule has 0 amide bonds. The summed E-state index contributed by atoms with van der Waals surface area (Å²) in [6.07, 6.45) is -8.35. The molecule has 0 atom stereocenters. The summed E-state index contributed by atoms with van der Waals surface area (Å²) in [5.74, 6) is -1.27. The Morgan fingerprint density at radius 1 is 1.00 bits per heavy atom. The van der Waals surface area contributed by atoms with Crippen LogP contribution in [0.1, 0.15) is 72.7 Å². The van der Waals surface area contributed by atoms with E-state index in [0.29, 0.717) is 65.7 Å². The Morgan fingerprint density at radius 3 is 2.12 bits per heavy atom. The Hall–Kier alpha value is -3.96. The van der Waals surface area contributed by atoms with Gasteiger partial charge in [0.25, 0.3) is 0 Å². The maximum absolute atomic E-state index is 14.0. The highest BCUT2D eigenvalue weighted by Crippen LogP contribution is 2.44. The number of rotatable bonds is 11. The molecule has 1 fully saturated rings. The molecule has 4 rings (SSSR count). The molecule has 1 aliphatic heterocycles. The van der Waals surface area contributed by atoms with Gasteiger partial charge in [-0.2, -0.15) is 31.6 Å². The van der Waals surface area contributed by atoms with Gasteiger partial charge in [0.2, 0.25) is 0 Å². The SMILES string of the molecule is CCOC(=O)CC1CCN(Cc2sc(-c3ccc(F)cc3C)c(NCC(=O)C(C)(C)c3cc(C(F)(F)F)cc(C(F)(F)F)c3)c2C#N)CC1. The van der Waals surface area contributed by atoms with E-state index in [1.54, 1.807) is 19.9 Å². The van der Waals surface area contributed by atoms with Gasteiger partial charge < -0.3 is 10.1 Å². The summed E-state index contributed by atoms with van der Waals surface area (Å²) < 4.78 is 101. The number of likely N-dealkylation sites (tertiary alicyclic amines) is 1. The Balaban J connectivity index is 1.64. The Morgan fingerprint density at radius 2 is 1.59 bits per heavy atom. The van der Waals surface area contributed by atoms with Gasteiger partial charge in [0.15, 0.2) is 5.78 Å². The summed E-state index contributed by atoms with van der Waals surface area (Å²) in [4.78, 5) is 28.9. The summed E-state index contributed by atoms with van der Waals surface area (Å²) in [5.41, 5.74) is -3.69. The van der Waals surface area contributed by atoms with Crippen LogP contribution in [-0.4, -0.2) is 42.9 Å². The summed E-state index contributed by atoms with van der Waals surface area (Å²) in [6.45, 7) is 7.39. The van der Waals surface area contributed by atoms with E-state index in [-0.39, 0.29) is 29.2 Å². The number of ketones is 1. The largest absolute Gasteiger partial charge is 0.466 e. The maximum Gasteiger partial charge on any atom is 0.416 e. The van der Waals surface area contributed by atoms with E-state index in [4.69, 9.17) is 4.74 Å². The van der Waals surface area contributed by atoms with E-state index in [0.717, 1.165) is 12.8 Å². The number of carbonyl (C=O) groups is 2. The van der Waals surface area contributed by atoms with Crippen LogP contribution in [0.25, 0.3) is 10.4 Å². The van der Waals surface area contributed by atoms with Gasteiger partial charge in [0.1, 0.15) is 11.9 Å². The number of ether oxygens (including phenoxy) is 1. The number of hydrogen-bond acceptors (Lipinski definition) is 7. The number of thiophene rings is 1. The minimum atomic E-state index is -5.08. The van der Waals surface area contributed by atoms with E-state index >= 15 is 0 Å². The predicted molar refractivity (Wildman–Crippen MR) is 171 cm³/mol. The molecule has 2 heterocycles. The fourth-order valence-electron chi connectivity index (χ4n) is 5.82. The third-order valence-corrected chi connectivity index (χ3v) is 10.0. The highest BCUT2D eigenvalue weighted by molar-refractivity contribution is 7.16. The predicted octanol–water partition coefficient (Wildman–Crippen LogP) is 8.90. The fraction of sp³-hybridized carbons (Fsp3) is 0.457. The maximum atomic E-state index is 14.0. The molecular weight excluding hydrogens is 675 g/mol. The lowest BCUT2D eigenvalue weighted by molar-refractivity contribution is -0.145. The number of anilines is 1. The molecule has 1 aliphatic rings. The van der Waals surface area contributed by atoms with Crippen LogP contribution in [0.3, 0.4) is 0 Å². The van der Waals surface area contributed by atoms with Crippen molar-refractivity contribution in [2.75, 3.05) is 31.6 Å². The minimum Gasteiger partial charge on any atom is -0.466 e. The number of aryl methyl sites for hydroxylation is 1. The number of Topliss-reactive ketones (excluding diaryl/α,β-unsaturated/α-hetero) is 1. The molecular formula is C35H36F7N3O3S. The Bertz CT molecular complexity index is 1700. The topological polar surface area (TPSA) is 82.4 Å². The number of hydrogen-bond donors (Lipinski definition) is 1. The second-order valence-electron chi connectivity index (χ2n) is 12.6. The molecule has 0 aliphatic carbocycles. The molecule has 264 valence electrons. The zero-order chi connectivity index (χ0) is 36.3. The van der Waals surface area contributed by atoms with E-state index in [9.17, 15) is 45.6 Å². The molecule has 0 unspecified atom stereocenters. The summed E-state index contributed by atoms with van der Waals surface area (Å²) in [5, 5.41) is 13.3. The smallest absolute Gasteiger partial charge is 0.416 e. The average molecular weight is 712 g/mol. The highest BCUT2D eigenvalue weighted by Gasteiger charge is 2.40. The Labute approximate surface area is 283 Å². The van der Waals surface area contributed by atoms with Crippen LogP contribution in [0.2, 0.25) is 0 Å². The molecule has 0 radical (unpaired) electrons. The highest BCUT2D eigenvalue weighted by atomic mass is 32.1. The normalized spacial score (nSPS) is 14.8. The molecule has 1 aromatic heterocycles. The van der Waals surface area contributed by atoms with Crippen LogP contribution in [0.15, 0.2) is 36.4 Å². The van der Waals surface area contributed by atoms with Crippen molar-refractivity contribution in [2.24, 2.45) is 5.92 Å². The molecule has 2 aromatic carbocycles. The van der Waals surface area contributed by atoms with Gasteiger partial charge in [0.05, 0.1) is 45.8 Å². The molecule has 0 bridgehead atoms. The molecule has 0 spiro atoms. The van der Waals surface area contributed by atoms with Crippen molar-refractivity contribution >= 4 is 28.8 Å². The number of nitrogens with zero attached hydrogens (tertiary/aromatic N) is 2. The van der Waals surface area contributed by atoms with Crippen molar-refractivity contribution in [3.63, 3.8) is 0 Å². The van der Waals surface area contributed by atoms with Crippen LogP contribution >= 0.6 is 11.3 Å². The number of nitriles is 1. The second-order valence-corrected chi connectivity index (χ2v) is 13.7. The third-order valence-electron chi connectivity index (χ3n) is 8.79. The summed E-state index contributed by atoms with van der Waals surface area (Å²) in [7, 11) is 0. The number of carbonyl (C=O) groups excluding carboxylic acids is 2. The van der Waals surface area contributed by atoms with Gasteiger partial charge in [-0.15, -0.1) is 11.3 Å². The van der Waals surface area contributed by atoms with E-state index in [1.165, 1.54) is 37.3 Å². The minimum absolute atomic E-state index is 0.00851. The Kier molecular flexibility index (Phi) is 11.5. The van der Waals surface area contributed by atoms with Gasteiger partial charge in [0, 0.05) is 17.8 Å². The van der Waals surface area contributed by atoms with Crippen LogP contribution in [0, 0.1) is 30.0 Å². The molecule has 0 saturated carbocycles. The van der Waals surface area contributed by atoms with E-state index in [1.807, 2.05) is 0 Å². The molecule has 1 N–H and O–H groups in total. The van der Waals surface area contributed by atoms with Crippen LogP contribution in [-0.2, 0) is 38.6 Å². The van der Waals surface area contributed by atoms with Gasteiger partial charge in [-0.1, -0.05) is 6.07 Å². The van der Waals surface area contributed by atoms with Crippen LogP contribution < -0.4 is 5.32 Å². The van der Waals surface area contributed by atoms with Gasteiger partial charge in [-0.3, -0.25) is 14.5 Å². The monoisotopic (exact) mass is 711 g/mol. The lowest BCUT2D eigenvalue weighted by atomic mass is 9.79. The second kappa shape index (κ2) is 14.9. The first kappa shape index (κ1) is 37.9. The van der Waals surface area contributed by atoms with Crippen molar-refractivity contribution in [3.05, 3.63) is 74.9 Å². The zero-order valence-electron chi connectivity index (χ0n) is 27.4. The molecule has 49 heavy (non-hydrogen) atoms. The van der Waals surface area contributed by atoms with Crippen molar-refractivity contribution in [1.29, 1.82) is 5.26 Å². The molecule has 14 heteroatoms. The van der Waals surface area contributed by atoms with Gasteiger partial charge in [-0.25, -0.2) is 4.39 Å². The van der Waals surface area contributed by atoms with Crippen LogP contribution in [0.4, 0.5) is 36.4 Å². The first-order valence-electron chi connectivity index (χ1n) is 15.6. The standard InChI is InChI=1S/C35H36F7N3O3S/c1-5-48-30(47)13-21-8-10-45(11-9-21)19-28-27(17-43)31(32(49-28)26-7-6-25(36)12-20(26)2)44-18-29(46)33(3,4)22-14-23(34(37,38)39)16-24(15-22)35(40,41)42/h6-7,12,14-16,21,44H,5,8-11,13,18-19H2,1-4H3. The van der Waals surface area contributed by atoms with Crippen molar-refractivity contribution < 1.29 is 45.1 Å². The van der Waals surface area contributed by atoms with Crippen molar-refractivity contribution in [3.8, 4) is 16.5 Å². The zero-order valence-corrected chi connectivity index (χ0v) is 28.2. The summed E-state index contributed by atoms with van der Waals surface area (Å²) in [6, 6.07) is 7.40. The number of piperidine rings is 1.